The van der Waals surface area contributed by atoms with Gasteiger partial charge >= 0.3 is 5.69 Å². The minimum atomic E-state index is -0.344. The van der Waals surface area contributed by atoms with Crippen molar-refractivity contribution in [1.29, 1.82) is 0 Å². The van der Waals surface area contributed by atoms with Crippen LogP contribution in [0.5, 0.6) is 0 Å². The highest BCUT2D eigenvalue weighted by Crippen LogP contribution is 2.18. The summed E-state index contributed by atoms with van der Waals surface area (Å²) in [5.74, 6) is 0.738. The van der Waals surface area contributed by atoms with Crippen molar-refractivity contribution in [2.24, 2.45) is 5.73 Å². The fraction of sp³-hybridized carbons (Fsp3) is 0.455. The number of rotatable bonds is 17. The van der Waals surface area contributed by atoms with Gasteiger partial charge < -0.3 is 20.9 Å². The molecule has 10 nitrogen and oxygen atoms in total. The fourth-order valence-corrected chi connectivity index (χ4v) is 5.36. The van der Waals surface area contributed by atoms with Gasteiger partial charge in [0.25, 0.3) is 5.56 Å². The molecule has 4 rings (SSSR count). The second-order valence-corrected chi connectivity index (χ2v) is 10.9. The van der Waals surface area contributed by atoms with Gasteiger partial charge in [0, 0.05) is 44.7 Å². The van der Waals surface area contributed by atoms with E-state index in [0.29, 0.717) is 69.6 Å². The average Bonchev–Trinajstić information content (AvgIpc) is 3.36. The number of amides is 1. The Morgan fingerprint density at radius 1 is 0.884 bits per heavy atom. The molecule has 0 atom stereocenters. The maximum atomic E-state index is 13.8. The minimum absolute atomic E-state index is 0.0206. The van der Waals surface area contributed by atoms with Crippen molar-refractivity contribution < 1.29 is 4.79 Å². The van der Waals surface area contributed by atoms with Crippen LogP contribution in [-0.4, -0.2) is 44.2 Å². The molecule has 0 radical (unpaired) electrons. The lowest BCUT2D eigenvalue weighted by Gasteiger charge is -2.13. The van der Waals surface area contributed by atoms with E-state index in [1.165, 1.54) is 4.57 Å². The Bertz CT molecular complexity index is 1600. The van der Waals surface area contributed by atoms with Crippen molar-refractivity contribution in [3.63, 3.8) is 0 Å². The molecule has 0 aliphatic heterocycles. The number of likely N-dealkylation sites (N-methyl/N-ethyl adjacent to an activating group) is 1. The third-order valence-corrected chi connectivity index (χ3v) is 7.55. The number of imidazole rings is 1. The van der Waals surface area contributed by atoms with Crippen LogP contribution in [0.2, 0.25) is 0 Å². The van der Waals surface area contributed by atoms with E-state index in [-0.39, 0.29) is 17.2 Å². The van der Waals surface area contributed by atoms with E-state index in [2.05, 4.69) is 10.6 Å². The zero-order chi connectivity index (χ0) is 30.6. The molecule has 2 aromatic heterocycles. The van der Waals surface area contributed by atoms with Crippen molar-refractivity contribution in [1.82, 2.24) is 24.0 Å². The van der Waals surface area contributed by atoms with Crippen LogP contribution in [-0.2, 0) is 37.3 Å². The van der Waals surface area contributed by atoms with Gasteiger partial charge in [-0.25, -0.2) is 9.78 Å². The Kier molecular flexibility index (Phi) is 11.9. The van der Waals surface area contributed by atoms with Crippen LogP contribution in [0.3, 0.4) is 0 Å². The zero-order valence-corrected chi connectivity index (χ0v) is 25.5. The summed E-state index contributed by atoms with van der Waals surface area (Å²) in [6.45, 7) is 7.41. The summed E-state index contributed by atoms with van der Waals surface area (Å²) in [4.78, 5) is 44.8. The zero-order valence-electron chi connectivity index (χ0n) is 25.5. The SMILES string of the molecule is CCCn1c(=O)c2c(nc(Cc3ccccc3)n2CCNCC)n(CCc2cccc(NC(=O)CCCCCN)c2)c1=O. The topological polar surface area (TPSA) is 129 Å². The van der Waals surface area contributed by atoms with Crippen molar-refractivity contribution in [2.45, 2.75) is 78.4 Å². The third kappa shape index (κ3) is 8.30. The molecule has 0 aliphatic rings. The molecule has 4 N–H and O–H groups in total. The Morgan fingerprint density at radius 3 is 2.42 bits per heavy atom. The van der Waals surface area contributed by atoms with Crippen LogP contribution < -0.4 is 27.6 Å². The Morgan fingerprint density at radius 2 is 1.67 bits per heavy atom. The molecule has 43 heavy (non-hydrogen) atoms. The van der Waals surface area contributed by atoms with E-state index >= 15 is 0 Å². The first-order chi connectivity index (χ1) is 21.0. The number of benzene rings is 2. The van der Waals surface area contributed by atoms with Gasteiger partial charge in [-0.2, -0.15) is 0 Å². The summed E-state index contributed by atoms with van der Waals surface area (Å²) in [5.41, 5.74) is 8.59. The second-order valence-electron chi connectivity index (χ2n) is 10.9. The highest BCUT2D eigenvalue weighted by atomic mass is 16.2. The van der Waals surface area contributed by atoms with Crippen molar-refractivity contribution in [3.05, 3.63) is 92.4 Å². The monoisotopic (exact) mass is 587 g/mol. The van der Waals surface area contributed by atoms with E-state index in [0.717, 1.165) is 48.4 Å². The molecule has 0 unspecified atom stereocenters. The molecule has 0 spiro atoms. The third-order valence-electron chi connectivity index (χ3n) is 7.55. The van der Waals surface area contributed by atoms with Crippen LogP contribution in [0.15, 0.2) is 64.2 Å². The Balaban J connectivity index is 1.67. The van der Waals surface area contributed by atoms with Crippen LogP contribution >= 0.6 is 0 Å². The van der Waals surface area contributed by atoms with E-state index in [4.69, 9.17) is 10.7 Å². The van der Waals surface area contributed by atoms with Crippen LogP contribution in [0.25, 0.3) is 11.2 Å². The van der Waals surface area contributed by atoms with Gasteiger partial charge in [-0.3, -0.25) is 18.7 Å². The number of anilines is 1. The van der Waals surface area contributed by atoms with Gasteiger partial charge in [-0.15, -0.1) is 0 Å². The number of nitrogens with one attached hydrogen (secondary N) is 2. The minimum Gasteiger partial charge on any atom is -0.330 e. The first-order valence-electron chi connectivity index (χ1n) is 15.5. The van der Waals surface area contributed by atoms with E-state index < -0.39 is 0 Å². The van der Waals surface area contributed by atoms with Gasteiger partial charge in [0.15, 0.2) is 11.2 Å². The number of hydrogen-bond acceptors (Lipinski definition) is 6. The molecule has 4 aromatic rings. The highest BCUT2D eigenvalue weighted by molar-refractivity contribution is 5.90. The lowest BCUT2D eigenvalue weighted by molar-refractivity contribution is -0.116. The molecule has 1 amide bonds. The molecule has 10 heteroatoms. The predicted molar refractivity (Wildman–Crippen MR) is 173 cm³/mol. The summed E-state index contributed by atoms with van der Waals surface area (Å²) >= 11 is 0. The number of nitrogens with two attached hydrogens (primary N) is 1. The molecule has 2 heterocycles. The number of aryl methyl sites for hydroxylation is 2. The van der Waals surface area contributed by atoms with E-state index in [1.807, 2.05) is 73.0 Å². The standard InChI is InChI=1S/C33H45N7O3/c1-3-20-40-32(42)30-31(37-28(38(30)22-19-35-4-2)24-25-12-7-5-8-13-25)39(33(40)43)21-17-26-14-11-15-27(23-26)36-29(41)16-9-6-10-18-34/h5,7-8,11-15,23,35H,3-4,6,9-10,16-22,24,34H2,1-2H3,(H,36,41). The maximum absolute atomic E-state index is 13.8. The number of unbranched alkanes of at least 4 members (excludes halogenated alkanes) is 2. The molecular weight excluding hydrogens is 542 g/mol. The number of hydrogen-bond donors (Lipinski definition) is 3. The van der Waals surface area contributed by atoms with Crippen molar-refractivity contribution in [3.8, 4) is 0 Å². The largest absolute Gasteiger partial charge is 0.332 e. The first kappa shape index (κ1) is 31.9. The number of aromatic nitrogens is 4. The summed E-state index contributed by atoms with van der Waals surface area (Å²) in [7, 11) is 0. The quantitative estimate of drug-likeness (QED) is 0.162. The molecule has 2 aromatic carbocycles. The lowest BCUT2D eigenvalue weighted by Crippen LogP contribution is -2.41. The van der Waals surface area contributed by atoms with E-state index in [1.54, 1.807) is 4.57 Å². The number of carbonyl (C=O) groups is 1. The number of nitrogens with zero attached hydrogens (tertiary/aromatic N) is 4. The molecule has 0 fully saturated rings. The Hall–Kier alpha value is -4.02. The summed E-state index contributed by atoms with van der Waals surface area (Å²) in [6, 6.07) is 17.7. The molecule has 0 aliphatic carbocycles. The number of fused-ring (bicyclic) bond motifs is 1. The summed E-state index contributed by atoms with van der Waals surface area (Å²) < 4.78 is 4.98. The lowest BCUT2D eigenvalue weighted by atomic mass is 10.1. The smallest absolute Gasteiger partial charge is 0.330 e. The van der Waals surface area contributed by atoms with Gasteiger partial charge in [0.05, 0.1) is 0 Å². The molecule has 0 bridgehead atoms. The van der Waals surface area contributed by atoms with Crippen LogP contribution in [0, 0.1) is 0 Å². The van der Waals surface area contributed by atoms with Crippen LogP contribution in [0.4, 0.5) is 5.69 Å². The number of carbonyl (C=O) groups excluding carboxylic acids is 1. The van der Waals surface area contributed by atoms with Gasteiger partial charge in [0.1, 0.15) is 5.82 Å². The van der Waals surface area contributed by atoms with Crippen molar-refractivity contribution >= 4 is 22.8 Å². The van der Waals surface area contributed by atoms with Gasteiger partial charge in [-0.1, -0.05) is 62.7 Å². The van der Waals surface area contributed by atoms with Crippen molar-refractivity contribution in [2.75, 3.05) is 25.0 Å². The van der Waals surface area contributed by atoms with Crippen LogP contribution in [0.1, 0.15) is 62.9 Å². The van der Waals surface area contributed by atoms with E-state index in [9.17, 15) is 14.4 Å². The first-order valence-corrected chi connectivity index (χ1v) is 15.5. The van der Waals surface area contributed by atoms with Gasteiger partial charge in [-0.05, 0) is 62.0 Å². The summed E-state index contributed by atoms with van der Waals surface area (Å²) in [6.07, 6.45) is 4.88. The highest BCUT2D eigenvalue weighted by Gasteiger charge is 2.21. The normalized spacial score (nSPS) is 11.3. The molecule has 0 saturated heterocycles. The van der Waals surface area contributed by atoms with Gasteiger partial charge in [0.2, 0.25) is 5.91 Å². The maximum Gasteiger partial charge on any atom is 0.332 e. The molecule has 0 saturated carbocycles. The molecular formula is C33H45N7O3. The fourth-order valence-electron chi connectivity index (χ4n) is 5.36. The average molecular weight is 588 g/mol. The predicted octanol–water partition coefficient (Wildman–Crippen LogP) is 3.67. The molecule has 230 valence electrons. The second kappa shape index (κ2) is 16.0. The summed E-state index contributed by atoms with van der Waals surface area (Å²) in [5, 5.41) is 6.33. The Labute approximate surface area is 252 Å².